The molecule has 0 aliphatic carbocycles. The van der Waals surface area contributed by atoms with Gasteiger partial charge in [-0.05, 0) is 67.0 Å². The zero-order valence-corrected chi connectivity index (χ0v) is 19.4. The Hall–Kier alpha value is -3.71. The number of benzene rings is 3. The summed E-state index contributed by atoms with van der Waals surface area (Å²) in [5, 5.41) is 16.0. The minimum Gasteiger partial charge on any atom is -0.497 e. The van der Waals surface area contributed by atoms with Crippen LogP contribution in [0.5, 0.6) is 5.75 Å². The quantitative estimate of drug-likeness (QED) is 0.389. The standard InChI is InChI=1S/C27H28N6O/c1-34-22-13-11-19-16-21(12-10-20(19)17-22)33-24-9-5-4-8-23(24)26(31-33)27-28-25(29-30-27)18-32-14-6-2-3-7-15-32/h4-5,8-13,16-17H,2-3,6-7,14-15,18H2,1H3,(H,28,29,30). The molecule has 7 nitrogen and oxygen atoms in total. The first-order chi connectivity index (χ1) is 16.8. The summed E-state index contributed by atoms with van der Waals surface area (Å²) in [5.74, 6) is 2.40. The van der Waals surface area contributed by atoms with Crippen molar-refractivity contribution in [3.05, 3.63) is 66.5 Å². The lowest BCUT2D eigenvalue weighted by atomic mass is 10.1. The molecule has 5 aromatic rings. The number of nitrogens with zero attached hydrogens (tertiary/aromatic N) is 5. The zero-order valence-electron chi connectivity index (χ0n) is 19.4. The number of methoxy groups -OCH3 is 1. The molecule has 1 aliphatic heterocycles. The predicted molar refractivity (Wildman–Crippen MR) is 134 cm³/mol. The second-order valence-electron chi connectivity index (χ2n) is 8.97. The van der Waals surface area contributed by atoms with Gasteiger partial charge in [0.1, 0.15) is 17.3 Å². The average Bonchev–Trinajstić information content (AvgIpc) is 3.40. The molecule has 1 saturated heterocycles. The van der Waals surface area contributed by atoms with Gasteiger partial charge in [-0.1, -0.05) is 43.2 Å². The number of fused-ring (bicyclic) bond motifs is 2. The van der Waals surface area contributed by atoms with Gasteiger partial charge < -0.3 is 4.74 Å². The van der Waals surface area contributed by atoms with Crippen molar-refractivity contribution in [2.24, 2.45) is 0 Å². The van der Waals surface area contributed by atoms with Crippen molar-refractivity contribution in [1.82, 2.24) is 29.9 Å². The number of hydrogen-bond acceptors (Lipinski definition) is 5. The summed E-state index contributed by atoms with van der Waals surface area (Å²) >= 11 is 0. The minimum absolute atomic E-state index is 0.644. The van der Waals surface area contributed by atoms with Crippen molar-refractivity contribution in [3.8, 4) is 23.0 Å². The van der Waals surface area contributed by atoms with Crippen LogP contribution < -0.4 is 4.74 Å². The molecular formula is C27H28N6O. The highest BCUT2D eigenvalue weighted by atomic mass is 16.5. The maximum atomic E-state index is 5.37. The number of rotatable bonds is 5. The Bertz CT molecular complexity index is 1440. The lowest BCUT2D eigenvalue weighted by Crippen LogP contribution is -2.24. The first-order valence-corrected chi connectivity index (χ1v) is 12.0. The first kappa shape index (κ1) is 20.9. The van der Waals surface area contributed by atoms with E-state index in [0.717, 1.165) is 64.3 Å². The molecule has 1 aliphatic rings. The van der Waals surface area contributed by atoms with E-state index in [1.165, 1.54) is 25.7 Å². The molecule has 0 unspecified atom stereocenters. The number of aromatic amines is 1. The molecule has 0 radical (unpaired) electrons. The lowest BCUT2D eigenvalue weighted by molar-refractivity contribution is 0.270. The highest BCUT2D eigenvalue weighted by Crippen LogP contribution is 2.30. The van der Waals surface area contributed by atoms with Crippen molar-refractivity contribution in [3.63, 3.8) is 0 Å². The van der Waals surface area contributed by atoms with Gasteiger partial charge in [-0.3, -0.25) is 10.00 Å². The van der Waals surface area contributed by atoms with Crippen LogP contribution in [0.25, 0.3) is 38.9 Å². The molecule has 172 valence electrons. The number of H-pyrrole nitrogens is 1. The van der Waals surface area contributed by atoms with Crippen LogP contribution in [-0.2, 0) is 6.54 Å². The second kappa shape index (κ2) is 8.91. The van der Waals surface area contributed by atoms with E-state index in [1.54, 1.807) is 7.11 Å². The minimum atomic E-state index is 0.644. The van der Waals surface area contributed by atoms with E-state index in [2.05, 4.69) is 51.5 Å². The molecule has 7 heteroatoms. The Morgan fingerprint density at radius 1 is 0.912 bits per heavy atom. The molecule has 0 amide bonds. The molecular weight excluding hydrogens is 424 g/mol. The summed E-state index contributed by atoms with van der Waals surface area (Å²) in [6.45, 7) is 3.06. The van der Waals surface area contributed by atoms with Crippen LogP contribution in [0.15, 0.2) is 60.7 Å². The number of aromatic nitrogens is 5. The summed E-state index contributed by atoms with van der Waals surface area (Å²) in [5.41, 5.74) is 2.83. The fourth-order valence-corrected chi connectivity index (χ4v) is 4.88. The van der Waals surface area contributed by atoms with E-state index in [0.29, 0.717) is 5.82 Å². The van der Waals surface area contributed by atoms with Gasteiger partial charge >= 0.3 is 0 Å². The molecule has 1 fully saturated rings. The van der Waals surface area contributed by atoms with Crippen LogP contribution in [0, 0.1) is 0 Å². The Kier molecular flexibility index (Phi) is 5.47. The molecule has 0 saturated carbocycles. The van der Waals surface area contributed by atoms with Gasteiger partial charge in [0.25, 0.3) is 0 Å². The SMILES string of the molecule is COc1ccc2cc(-n3nc(-c4n[nH]c(CN5CCCCCC5)n4)c4ccccc43)ccc2c1. The Morgan fingerprint density at radius 2 is 1.71 bits per heavy atom. The Morgan fingerprint density at radius 3 is 2.56 bits per heavy atom. The smallest absolute Gasteiger partial charge is 0.202 e. The van der Waals surface area contributed by atoms with Crippen LogP contribution in [0.3, 0.4) is 0 Å². The predicted octanol–water partition coefficient (Wildman–Crippen LogP) is 5.35. The fraction of sp³-hybridized carbons (Fsp3) is 0.296. The highest BCUT2D eigenvalue weighted by Gasteiger charge is 2.18. The largest absolute Gasteiger partial charge is 0.497 e. The van der Waals surface area contributed by atoms with Gasteiger partial charge in [0, 0.05) is 5.39 Å². The van der Waals surface area contributed by atoms with Crippen molar-refractivity contribution in [1.29, 1.82) is 0 Å². The second-order valence-corrected chi connectivity index (χ2v) is 8.97. The number of hydrogen-bond donors (Lipinski definition) is 1. The zero-order chi connectivity index (χ0) is 22.9. The van der Waals surface area contributed by atoms with E-state index >= 15 is 0 Å². The number of ether oxygens (including phenoxy) is 1. The average molecular weight is 453 g/mol. The summed E-state index contributed by atoms with van der Waals surface area (Å²) in [6.07, 6.45) is 5.16. The van der Waals surface area contributed by atoms with E-state index in [1.807, 2.05) is 28.9 Å². The van der Waals surface area contributed by atoms with Gasteiger partial charge in [0.05, 0.1) is 24.9 Å². The van der Waals surface area contributed by atoms with Gasteiger partial charge in [-0.15, -0.1) is 0 Å². The molecule has 6 rings (SSSR count). The maximum Gasteiger partial charge on any atom is 0.202 e. The van der Waals surface area contributed by atoms with Crippen molar-refractivity contribution >= 4 is 21.7 Å². The van der Waals surface area contributed by atoms with E-state index < -0.39 is 0 Å². The van der Waals surface area contributed by atoms with E-state index in [4.69, 9.17) is 14.8 Å². The molecule has 0 bridgehead atoms. The monoisotopic (exact) mass is 452 g/mol. The Labute approximate surface area is 198 Å². The molecule has 34 heavy (non-hydrogen) atoms. The van der Waals surface area contributed by atoms with Crippen molar-refractivity contribution in [2.45, 2.75) is 32.2 Å². The number of para-hydroxylation sites is 1. The number of nitrogens with one attached hydrogen (secondary N) is 1. The lowest BCUT2D eigenvalue weighted by Gasteiger charge is -2.17. The molecule has 0 atom stereocenters. The van der Waals surface area contributed by atoms with E-state index in [-0.39, 0.29) is 0 Å². The third-order valence-electron chi connectivity index (χ3n) is 6.68. The molecule has 3 heterocycles. The molecule has 3 aromatic carbocycles. The maximum absolute atomic E-state index is 5.37. The van der Waals surface area contributed by atoms with Crippen LogP contribution in [0.2, 0.25) is 0 Å². The van der Waals surface area contributed by atoms with Crippen LogP contribution in [-0.4, -0.2) is 50.1 Å². The highest BCUT2D eigenvalue weighted by molar-refractivity contribution is 5.93. The van der Waals surface area contributed by atoms with Gasteiger partial charge in [-0.25, -0.2) is 9.67 Å². The van der Waals surface area contributed by atoms with Gasteiger partial charge in [0.2, 0.25) is 5.82 Å². The van der Waals surface area contributed by atoms with Gasteiger partial charge in [0.15, 0.2) is 0 Å². The topological polar surface area (TPSA) is 71.9 Å². The summed E-state index contributed by atoms with van der Waals surface area (Å²) < 4.78 is 7.35. The fourth-order valence-electron chi connectivity index (χ4n) is 4.88. The summed E-state index contributed by atoms with van der Waals surface area (Å²) in [6, 6.07) is 20.7. The summed E-state index contributed by atoms with van der Waals surface area (Å²) in [7, 11) is 1.69. The van der Waals surface area contributed by atoms with Gasteiger partial charge in [-0.2, -0.15) is 10.2 Å². The van der Waals surface area contributed by atoms with Crippen molar-refractivity contribution < 1.29 is 4.74 Å². The third kappa shape index (κ3) is 3.92. The molecule has 0 spiro atoms. The molecule has 1 N–H and O–H groups in total. The van der Waals surface area contributed by atoms with Crippen molar-refractivity contribution in [2.75, 3.05) is 20.2 Å². The van der Waals surface area contributed by atoms with Crippen LogP contribution in [0.1, 0.15) is 31.5 Å². The Balaban J connectivity index is 1.37. The van der Waals surface area contributed by atoms with E-state index in [9.17, 15) is 0 Å². The molecule has 2 aromatic heterocycles. The normalized spacial score (nSPS) is 15.1. The summed E-state index contributed by atoms with van der Waals surface area (Å²) in [4.78, 5) is 7.30. The first-order valence-electron chi connectivity index (χ1n) is 12.0. The number of likely N-dealkylation sites (tertiary alicyclic amines) is 1. The third-order valence-corrected chi connectivity index (χ3v) is 6.68. The van der Waals surface area contributed by atoms with Crippen LogP contribution >= 0.6 is 0 Å². The van der Waals surface area contributed by atoms with Crippen LogP contribution in [0.4, 0.5) is 0 Å².